The maximum Gasteiger partial charge on any atom is 0.253 e. The van der Waals surface area contributed by atoms with E-state index in [1.807, 2.05) is 61.5 Å². The largest absolute Gasteiger partial charge is 0.381 e. The first-order valence-electron chi connectivity index (χ1n) is 14.3. The fraction of sp³-hybridized carbons (Fsp3) is 0.433. The molecule has 2 aliphatic rings. The summed E-state index contributed by atoms with van der Waals surface area (Å²) >= 11 is 1.57. The second-order valence-corrected chi connectivity index (χ2v) is 11.7. The van der Waals surface area contributed by atoms with E-state index in [0.717, 1.165) is 78.0 Å². The Bertz CT molecular complexity index is 1530. The number of rotatable bonds is 7. The van der Waals surface area contributed by atoms with Gasteiger partial charge in [0.25, 0.3) is 5.91 Å². The Kier molecular flexibility index (Phi) is 8.09. The lowest BCUT2D eigenvalue weighted by Gasteiger charge is -2.34. The summed E-state index contributed by atoms with van der Waals surface area (Å²) in [5.41, 5.74) is 3.35. The summed E-state index contributed by atoms with van der Waals surface area (Å²) in [5, 5.41) is 4.21. The number of benzene rings is 1. The van der Waals surface area contributed by atoms with Crippen LogP contribution in [0.3, 0.4) is 0 Å². The molecule has 41 heavy (non-hydrogen) atoms. The van der Waals surface area contributed by atoms with E-state index in [-0.39, 0.29) is 11.9 Å². The number of ether oxygens (including phenoxy) is 1. The fourth-order valence-electron chi connectivity index (χ4n) is 5.41. The SMILES string of the molecule is CCN1CCN(c2nc(C)cc(Nc3cc4nc(-c5cccc(C(=O)N(C)C6CCOCC6)c5)sc4cn3)n2)CC1. The van der Waals surface area contributed by atoms with Crippen molar-refractivity contribution in [3.63, 3.8) is 0 Å². The predicted octanol–water partition coefficient (Wildman–Crippen LogP) is 4.59. The van der Waals surface area contributed by atoms with Crippen LogP contribution < -0.4 is 10.2 Å². The molecule has 0 bridgehead atoms. The van der Waals surface area contributed by atoms with Gasteiger partial charge in [-0.05, 0) is 38.4 Å². The summed E-state index contributed by atoms with van der Waals surface area (Å²) in [6.07, 6.45) is 3.58. The molecule has 214 valence electrons. The standard InChI is InChI=1S/C30H36N8O2S/c1-4-37-10-12-38(13-11-37)30-32-20(2)16-27(35-30)34-26-18-24-25(19-31-26)41-28(33-24)21-6-5-7-22(17-21)29(39)36(3)23-8-14-40-15-9-23/h5-7,16-19,23H,4,8-15H2,1-3H3,(H,31,32,34,35). The van der Waals surface area contributed by atoms with E-state index < -0.39 is 0 Å². The first-order chi connectivity index (χ1) is 20.0. The first kappa shape index (κ1) is 27.5. The molecule has 2 fully saturated rings. The normalized spacial score (nSPS) is 16.7. The topological polar surface area (TPSA) is 99.6 Å². The molecular formula is C30H36N8O2S. The number of hydrogen-bond acceptors (Lipinski definition) is 10. The third-order valence-electron chi connectivity index (χ3n) is 7.89. The zero-order valence-corrected chi connectivity index (χ0v) is 24.7. The van der Waals surface area contributed by atoms with Crippen molar-refractivity contribution in [2.75, 3.05) is 63.2 Å². The maximum atomic E-state index is 13.2. The van der Waals surface area contributed by atoms with E-state index >= 15 is 0 Å². The molecule has 11 heteroatoms. The van der Waals surface area contributed by atoms with Gasteiger partial charge < -0.3 is 24.8 Å². The molecule has 0 saturated carbocycles. The van der Waals surface area contributed by atoms with Gasteiger partial charge in [0, 0.05) is 87.6 Å². The fourth-order valence-corrected chi connectivity index (χ4v) is 6.32. The summed E-state index contributed by atoms with van der Waals surface area (Å²) in [4.78, 5) is 38.8. The van der Waals surface area contributed by atoms with Crippen molar-refractivity contribution in [2.24, 2.45) is 0 Å². The molecule has 0 unspecified atom stereocenters. The molecule has 5 heterocycles. The maximum absolute atomic E-state index is 13.2. The molecule has 3 aromatic heterocycles. The molecule has 1 aromatic carbocycles. The van der Waals surface area contributed by atoms with Crippen molar-refractivity contribution >= 4 is 45.0 Å². The average Bonchev–Trinajstić information content (AvgIpc) is 3.44. The van der Waals surface area contributed by atoms with Crippen LogP contribution in [0, 0.1) is 6.92 Å². The van der Waals surface area contributed by atoms with Crippen LogP contribution in [0.5, 0.6) is 0 Å². The molecule has 0 spiro atoms. The summed E-state index contributed by atoms with van der Waals surface area (Å²) in [6, 6.07) is 11.8. The van der Waals surface area contributed by atoms with Crippen molar-refractivity contribution in [2.45, 2.75) is 32.7 Å². The van der Waals surface area contributed by atoms with E-state index in [0.29, 0.717) is 30.4 Å². The van der Waals surface area contributed by atoms with Crippen molar-refractivity contribution in [1.29, 1.82) is 0 Å². The van der Waals surface area contributed by atoms with E-state index in [2.05, 4.69) is 32.0 Å². The molecule has 2 saturated heterocycles. The Balaban J connectivity index is 1.19. The van der Waals surface area contributed by atoms with Crippen molar-refractivity contribution in [1.82, 2.24) is 29.7 Å². The van der Waals surface area contributed by atoms with Gasteiger partial charge >= 0.3 is 0 Å². The van der Waals surface area contributed by atoms with Gasteiger partial charge in [0.05, 0.1) is 10.2 Å². The number of anilines is 3. The third-order valence-corrected chi connectivity index (χ3v) is 8.95. The van der Waals surface area contributed by atoms with Gasteiger partial charge in [0.15, 0.2) is 0 Å². The van der Waals surface area contributed by atoms with Crippen LogP contribution in [0.25, 0.3) is 20.8 Å². The minimum atomic E-state index is 0.0276. The molecule has 4 aromatic rings. The number of aryl methyl sites for hydroxylation is 1. The number of aromatic nitrogens is 4. The lowest BCUT2D eigenvalue weighted by molar-refractivity contribution is 0.0362. The highest BCUT2D eigenvalue weighted by Gasteiger charge is 2.24. The van der Waals surface area contributed by atoms with Crippen LogP contribution in [0.2, 0.25) is 0 Å². The molecule has 2 aliphatic heterocycles. The van der Waals surface area contributed by atoms with Gasteiger partial charge in [0.1, 0.15) is 16.6 Å². The van der Waals surface area contributed by atoms with Gasteiger partial charge in [-0.2, -0.15) is 4.98 Å². The van der Waals surface area contributed by atoms with Gasteiger partial charge in [-0.15, -0.1) is 11.3 Å². The van der Waals surface area contributed by atoms with Crippen LogP contribution in [0.15, 0.2) is 42.6 Å². The number of fused-ring (bicyclic) bond motifs is 1. The number of carbonyl (C=O) groups excluding carboxylic acids is 1. The Morgan fingerprint density at radius 2 is 1.88 bits per heavy atom. The van der Waals surface area contributed by atoms with Gasteiger partial charge in [-0.25, -0.2) is 15.0 Å². The number of thiazole rings is 1. The lowest BCUT2D eigenvalue weighted by Crippen LogP contribution is -2.46. The van der Waals surface area contributed by atoms with Gasteiger partial charge in [0.2, 0.25) is 5.95 Å². The van der Waals surface area contributed by atoms with Crippen LogP contribution in [-0.4, -0.2) is 94.7 Å². The predicted molar refractivity (Wildman–Crippen MR) is 163 cm³/mol. The molecule has 0 radical (unpaired) electrons. The summed E-state index contributed by atoms with van der Waals surface area (Å²) in [5.74, 6) is 2.17. The van der Waals surface area contributed by atoms with E-state index in [1.165, 1.54) is 0 Å². The van der Waals surface area contributed by atoms with E-state index in [9.17, 15) is 4.79 Å². The average molecular weight is 573 g/mol. The Morgan fingerprint density at radius 1 is 1.07 bits per heavy atom. The third kappa shape index (κ3) is 6.17. The highest BCUT2D eigenvalue weighted by molar-refractivity contribution is 7.21. The molecule has 10 nitrogen and oxygen atoms in total. The zero-order valence-electron chi connectivity index (χ0n) is 23.8. The number of likely N-dealkylation sites (N-methyl/N-ethyl adjacent to an activating group) is 1. The molecule has 0 atom stereocenters. The molecular weight excluding hydrogens is 536 g/mol. The van der Waals surface area contributed by atoms with E-state index in [1.54, 1.807) is 11.3 Å². The highest BCUT2D eigenvalue weighted by Crippen LogP contribution is 2.32. The van der Waals surface area contributed by atoms with Crippen molar-refractivity contribution in [3.8, 4) is 10.6 Å². The number of nitrogens with zero attached hydrogens (tertiary/aromatic N) is 7. The van der Waals surface area contributed by atoms with E-state index in [4.69, 9.17) is 14.7 Å². The Labute approximate surface area is 244 Å². The minimum Gasteiger partial charge on any atom is -0.381 e. The smallest absolute Gasteiger partial charge is 0.253 e. The summed E-state index contributed by atoms with van der Waals surface area (Å²) in [6.45, 7) is 10.5. The second-order valence-electron chi connectivity index (χ2n) is 10.6. The quantitative estimate of drug-likeness (QED) is 0.341. The van der Waals surface area contributed by atoms with Crippen LogP contribution >= 0.6 is 11.3 Å². The Hall–Kier alpha value is -3.67. The molecule has 1 N–H and O–H groups in total. The number of piperazine rings is 1. The number of hydrogen-bond donors (Lipinski definition) is 1. The second kappa shape index (κ2) is 12.1. The number of amides is 1. The highest BCUT2D eigenvalue weighted by atomic mass is 32.1. The monoisotopic (exact) mass is 572 g/mol. The number of carbonyl (C=O) groups is 1. The Morgan fingerprint density at radius 3 is 2.66 bits per heavy atom. The van der Waals surface area contributed by atoms with Gasteiger partial charge in [-0.1, -0.05) is 19.1 Å². The minimum absolute atomic E-state index is 0.0276. The molecule has 6 rings (SSSR count). The lowest BCUT2D eigenvalue weighted by atomic mass is 10.1. The van der Waals surface area contributed by atoms with Crippen molar-refractivity contribution < 1.29 is 9.53 Å². The van der Waals surface area contributed by atoms with Crippen LogP contribution in [-0.2, 0) is 4.74 Å². The van der Waals surface area contributed by atoms with Crippen LogP contribution in [0.4, 0.5) is 17.6 Å². The first-order valence-corrected chi connectivity index (χ1v) is 15.1. The summed E-state index contributed by atoms with van der Waals surface area (Å²) in [7, 11) is 1.89. The molecule has 0 aliphatic carbocycles. The molecule has 1 amide bonds. The zero-order chi connectivity index (χ0) is 28.3. The van der Waals surface area contributed by atoms with Crippen LogP contribution in [0.1, 0.15) is 35.8 Å². The van der Waals surface area contributed by atoms with Gasteiger partial charge in [-0.3, -0.25) is 4.79 Å². The summed E-state index contributed by atoms with van der Waals surface area (Å²) < 4.78 is 6.44. The van der Waals surface area contributed by atoms with Crippen molar-refractivity contribution in [3.05, 3.63) is 53.9 Å². The number of nitrogens with one attached hydrogen (secondary N) is 1. The number of pyridine rings is 1.